The zero-order valence-electron chi connectivity index (χ0n) is 10.9. The number of anilines is 1. The van der Waals surface area contributed by atoms with Crippen molar-refractivity contribution in [1.29, 1.82) is 0 Å². The Bertz CT molecular complexity index is 507. The molecule has 5 nitrogen and oxygen atoms in total. The zero-order valence-corrected chi connectivity index (χ0v) is 10.9. The SMILES string of the molecule is O=C(Nc1cccc(F)c1)C(=O)NC1CCCCC1O. The predicted octanol–water partition coefficient (Wildman–Crippen LogP) is 1.18. The lowest BCUT2D eigenvalue weighted by atomic mass is 9.92. The van der Waals surface area contributed by atoms with Crippen LogP contribution >= 0.6 is 0 Å². The van der Waals surface area contributed by atoms with E-state index in [0.717, 1.165) is 18.9 Å². The third-order valence-corrected chi connectivity index (χ3v) is 3.33. The highest BCUT2D eigenvalue weighted by molar-refractivity contribution is 6.39. The number of halogens is 1. The van der Waals surface area contributed by atoms with Gasteiger partial charge in [-0.3, -0.25) is 9.59 Å². The quantitative estimate of drug-likeness (QED) is 0.712. The molecule has 2 amide bonds. The van der Waals surface area contributed by atoms with Crippen molar-refractivity contribution in [2.75, 3.05) is 5.32 Å². The molecule has 6 heteroatoms. The molecule has 0 bridgehead atoms. The summed E-state index contributed by atoms with van der Waals surface area (Å²) in [5.74, 6) is -2.18. The molecule has 1 aromatic carbocycles. The Morgan fingerprint density at radius 2 is 1.95 bits per heavy atom. The largest absolute Gasteiger partial charge is 0.391 e. The number of hydrogen-bond acceptors (Lipinski definition) is 3. The minimum Gasteiger partial charge on any atom is -0.391 e. The van der Waals surface area contributed by atoms with Crippen LogP contribution in [0.15, 0.2) is 24.3 Å². The van der Waals surface area contributed by atoms with Crippen LogP contribution in [0.2, 0.25) is 0 Å². The number of carbonyl (C=O) groups excluding carboxylic acids is 2. The van der Waals surface area contributed by atoms with Crippen molar-refractivity contribution < 1.29 is 19.1 Å². The van der Waals surface area contributed by atoms with E-state index in [4.69, 9.17) is 0 Å². The van der Waals surface area contributed by atoms with Crippen LogP contribution in [0.1, 0.15) is 25.7 Å². The first-order chi connectivity index (χ1) is 9.56. The van der Waals surface area contributed by atoms with Crippen molar-refractivity contribution in [2.45, 2.75) is 37.8 Å². The summed E-state index contributed by atoms with van der Waals surface area (Å²) < 4.78 is 13.0. The number of nitrogens with one attached hydrogen (secondary N) is 2. The van der Waals surface area contributed by atoms with E-state index in [-0.39, 0.29) is 5.69 Å². The molecular weight excluding hydrogens is 263 g/mol. The summed E-state index contributed by atoms with van der Waals surface area (Å²) in [6.45, 7) is 0. The Balaban J connectivity index is 1.90. The molecule has 3 N–H and O–H groups in total. The Labute approximate surface area is 116 Å². The molecule has 0 aromatic heterocycles. The fourth-order valence-corrected chi connectivity index (χ4v) is 2.27. The van der Waals surface area contributed by atoms with Crippen molar-refractivity contribution in [3.05, 3.63) is 30.1 Å². The molecule has 1 aromatic rings. The molecule has 1 aliphatic carbocycles. The minimum atomic E-state index is -0.867. The summed E-state index contributed by atoms with van der Waals surface area (Å²) in [5.41, 5.74) is 0.217. The van der Waals surface area contributed by atoms with E-state index >= 15 is 0 Å². The second kappa shape index (κ2) is 6.47. The van der Waals surface area contributed by atoms with Crippen LogP contribution in [0.25, 0.3) is 0 Å². The van der Waals surface area contributed by atoms with Crippen molar-refractivity contribution in [1.82, 2.24) is 5.32 Å². The van der Waals surface area contributed by atoms with Crippen LogP contribution in [-0.2, 0) is 9.59 Å². The maximum atomic E-state index is 13.0. The van der Waals surface area contributed by atoms with Gasteiger partial charge in [0.05, 0.1) is 12.1 Å². The van der Waals surface area contributed by atoms with Crippen LogP contribution in [0.5, 0.6) is 0 Å². The third-order valence-electron chi connectivity index (χ3n) is 3.33. The van der Waals surface area contributed by atoms with Gasteiger partial charge < -0.3 is 15.7 Å². The first-order valence-corrected chi connectivity index (χ1v) is 6.62. The van der Waals surface area contributed by atoms with Gasteiger partial charge in [0.2, 0.25) is 0 Å². The maximum Gasteiger partial charge on any atom is 0.313 e. The van der Waals surface area contributed by atoms with E-state index in [1.54, 1.807) is 0 Å². The molecule has 108 valence electrons. The van der Waals surface area contributed by atoms with E-state index in [9.17, 15) is 19.1 Å². The summed E-state index contributed by atoms with van der Waals surface area (Å²) >= 11 is 0. The molecule has 0 radical (unpaired) electrons. The van der Waals surface area contributed by atoms with Crippen LogP contribution in [0, 0.1) is 5.82 Å². The topological polar surface area (TPSA) is 78.4 Å². The highest BCUT2D eigenvalue weighted by atomic mass is 19.1. The number of rotatable bonds is 2. The van der Waals surface area contributed by atoms with E-state index in [1.807, 2.05) is 0 Å². The smallest absolute Gasteiger partial charge is 0.313 e. The molecule has 0 aliphatic heterocycles. The molecule has 0 spiro atoms. The van der Waals surface area contributed by atoms with E-state index < -0.39 is 29.8 Å². The molecule has 20 heavy (non-hydrogen) atoms. The van der Waals surface area contributed by atoms with Crippen LogP contribution in [0.4, 0.5) is 10.1 Å². The van der Waals surface area contributed by atoms with Gasteiger partial charge in [0.15, 0.2) is 0 Å². The number of aliphatic hydroxyl groups is 1. The zero-order chi connectivity index (χ0) is 14.5. The number of amides is 2. The summed E-state index contributed by atoms with van der Waals surface area (Å²) in [7, 11) is 0. The standard InChI is InChI=1S/C14H17FN2O3/c15-9-4-3-5-10(8-9)16-13(19)14(20)17-11-6-1-2-7-12(11)18/h3-5,8,11-12,18H,1-2,6-7H2,(H,16,19)(H,17,20). The lowest BCUT2D eigenvalue weighted by Crippen LogP contribution is -2.48. The Morgan fingerprint density at radius 3 is 2.65 bits per heavy atom. The lowest BCUT2D eigenvalue weighted by molar-refractivity contribution is -0.137. The van der Waals surface area contributed by atoms with Crippen molar-refractivity contribution in [3.8, 4) is 0 Å². The second-order valence-electron chi connectivity index (χ2n) is 4.90. The Morgan fingerprint density at radius 1 is 1.20 bits per heavy atom. The maximum absolute atomic E-state index is 13.0. The highest BCUT2D eigenvalue weighted by Crippen LogP contribution is 2.18. The van der Waals surface area contributed by atoms with Gasteiger partial charge in [-0.1, -0.05) is 18.9 Å². The molecular formula is C14H17FN2O3. The monoisotopic (exact) mass is 280 g/mol. The second-order valence-corrected chi connectivity index (χ2v) is 4.90. The predicted molar refractivity (Wildman–Crippen MR) is 71.4 cm³/mol. The molecule has 0 saturated heterocycles. The third kappa shape index (κ3) is 3.77. The number of aliphatic hydroxyl groups excluding tert-OH is 1. The normalized spacial score (nSPS) is 22.1. The van der Waals surface area contributed by atoms with E-state index in [1.165, 1.54) is 18.2 Å². The van der Waals surface area contributed by atoms with Gasteiger partial charge in [-0.25, -0.2) is 4.39 Å². The molecule has 0 heterocycles. The fraction of sp³-hybridized carbons (Fsp3) is 0.429. The highest BCUT2D eigenvalue weighted by Gasteiger charge is 2.26. The average Bonchev–Trinajstić information content (AvgIpc) is 2.41. The minimum absolute atomic E-state index is 0.217. The average molecular weight is 280 g/mol. The van der Waals surface area contributed by atoms with Gasteiger partial charge >= 0.3 is 11.8 Å². The molecule has 2 rings (SSSR count). The van der Waals surface area contributed by atoms with Crippen molar-refractivity contribution in [3.63, 3.8) is 0 Å². The van der Waals surface area contributed by atoms with Gasteiger partial charge in [0.25, 0.3) is 0 Å². The number of carbonyl (C=O) groups is 2. The van der Waals surface area contributed by atoms with E-state index in [2.05, 4.69) is 10.6 Å². The van der Waals surface area contributed by atoms with Crippen LogP contribution in [0.3, 0.4) is 0 Å². The van der Waals surface area contributed by atoms with Gasteiger partial charge in [-0.15, -0.1) is 0 Å². The molecule has 1 fully saturated rings. The van der Waals surface area contributed by atoms with Crippen molar-refractivity contribution in [2.24, 2.45) is 0 Å². The lowest BCUT2D eigenvalue weighted by Gasteiger charge is -2.27. The number of benzene rings is 1. The van der Waals surface area contributed by atoms with Crippen molar-refractivity contribution >= 4 is 17.5 Å². The van der Waals surface area contributed by atoms with Gasteiger partial charge in [0, 0.05) is 5.69 Å². The number of hydrogen-bond donors (Lipinski definition) is 3. The molecule has 2 atom stereocenters. The van der Waals surface area contributed by atoms with E-state index in [0.29, 0.717) is 12.8 Å². The molecule has 1 saturated carbocycles. The summed E-state index contributed by atoms with van der Waals surface area (Å²) in [4.78, 5) is 23.4. The first-order valence-electron chi connectivity index (χ1n) is 6.62. The summed E-state index contributed by atoms with van der Waals surface area (Å²) in [6, 6.07) is 4.90. The molecule has 2 unspecified atom stereocenters. The van der Waals surface area contributed by atoms with Crippen LogP contribution < -0.4 is 10.6 Å². The van der Waals surface area contributed by atoms with Gasteiger partial charge in [-0.05, 0) is 31.0 Å². The van der Waals surface area contributed by atoms with Crippen LogP contribution in [-0.4, -0.2) is 29.1 Å². The fourth-order valence-electron chi connectivity index (χ4n) is 2.27. The summed E-state index contributed by atoms with van der Waals surface area (Å²) in [5, 5.41) is 14.6. The summed E-state index contributed by atoms with van der Waals surface area (Å²) in [6.07, 6.45) is 2.49. The Hall–Kier alpha value is -1.95. The Kier molecular flexibility index (Phi) is 4.68. The molecule has 1 aliphatic rings. The van der Waals surface area contributed by atoms with Gasteiger partial charge in [-0.2, -0.15) is 0 Å². The first kappa shape index (κ1) is 14.5. The van der Waals surface area contributed by atoms with Gasteiger partial charge in [0.1, 0.15) is 5.82 Å².